The molecule has 4 rings (SSSR count). The van der Waals surface area contributed by atoms with Gasteiger partial charge in [-0.1, -0.05) is 51.0 Å². The zero-order chi connectivity index (χ0) is 34.3. The molecule has 46 heavy (non-hydrogen) atoms. The topological polar surface area (TPSA) is 205 Å². The summed E-state index contributed by atoms with van der Waals surface area (Å²) in [5, 5.41) is 12.2. The number of fused-ring (bicyclic) bond motifs is 2. The van der Waals surface area contributed by atoms with Gasteiger partial charge in [-0.3, -0.25) is 13.7 Å². The summed E-state index contributed by atoms with van der Waals surface area (Å²) in [4.78, 5) is 2.20. The predicted octanol–water partition coefficient (Wildman–Crippen LogP) is 5.20. The van der Waals surface area contributed by atoms with Crippen molar-refractivity contribution >= 4 is 53.7 Å². The molecule has 0 saturated heterocycles. The third-order valence-electron chi connectivity index (χ3n) is 8.19. The van der Waals surface area contributed by atoms with Crippen LogP contribution in [0, 0.1) is 0 Å². The summed E-state index contributed by atoms with van der Waals surface area (Å²) in [6.45, 7) is 7.84. The SMILES string of the molecule is CC1(C)C(/C=C/C=C2/N(CCCCS(=O)(=O)O)c3ccc(S(=O)(=O)O)cc3C2(C)C)=C(CS(=O)(=O)O)c2ccc(SOOO)cc21. The zero-order valence-corrected chi connectivity index (χ0v) is 28.6. The van der Waals surface area contributed by atoms with Crippen LogP contribution in [0.25, 0.3) is 5.57 Å². The lowest BCUT2D eigenvalue weighted by molar-refractivity contribution is -0.432. The first-order valence-electron chi connectivity index (χ1n) is 13.9. The van der Waals surface area contributed by atoms with Gasteiger partial charge in [-0.15, -0.1) is 4.33 Å². The van der Waals surface area contributed by atoms with Crippen molar-refractivity contribution in [3.8, 4) is 0 Å². The lowest BCUT2D eigenvalue weighted by Gasteiger charge is -2.27. The molecule has 1 aliphatic heterocycles. The largest absolute Gasteiger partial charge is 0.344 e. The summed E-state index contributed by atoms with van der Waals surface area (Å²) >= 11 is 0.751. The number of benzene rings is 2. The Morgan fingerprint density at radius 3 is 2.17 bits per heavy atom. The van der Waals surface area contributed by atoms with Crippen molar-refractivity contribution in [3.63, 3.8) is 0 Å². The molecule has 1 aliphatic carbocycles. The third-order valence-corrected chi connectivity index (χ3v) is 11.1. The fourth-order valence-electron chi connectivity index (χ4n) is 6.07. The molecule has 0 fully saturated rings. The van der Waals surface area contributed by atoms with Crippen LogP contribution in [0.3, 0.4) is 0 Å². The van der Waals surface area contributed by atoms with Crippen molar-refractivity contribution in [1.29, 1.82) is 0 Å². The van der Waals surface area contributed by atoms with Crippen LogP contribution in [0.1, 0.15) is 57.2 Å². The molecule has 0 bridgehead atoms. The Morgan fingerprint density at radius 2 is 1.57 bits per heavy atom. The highest BCUT2D eigenvalue weighted by molar-refractivity contribution is 7.94. The first-order valence-corrected chi connectivity index (χ1v) is 19.3. The van der Waals surface area contributed by atoms with E-state index in [1.54, 1.807) is 42.5 Å². The lowest BCUT2D eigenvalue weighted by Crippen LogP contribution is -2.27. The molecule has 0 unspecified atom stereocenters. The summed E-state index contributed by atoms with van der Waals surface area (Å²) in [5.41, 5.74) is 2.80. The quantitative estimate of drug-likeness (QED) is 0.0691. The first-order chi connectivity index (χ1) is 21.2. The molecular formula is C29H35NO12S4. The van der Waals surface area contributed by atoms with Crippen LogP contribution in [-0.4, -0.2) is 62.2 Å². The minimum absolute atomic E-state index is 0.172. The molecule has 0 radical (unpaired) electrons. The van der Waals surface area contributed by atoms with E-state index in [-0.39, 0.29) is 11.3 Å². The first kappa shape index (κ1) is 36.3. The van der Waals surface area contributed by atoms with Crippen molar-refractivity contribution < 1.29 is 53.5 Å². The van der Waals surface area contributed by atoms with Crippen molar-refractivity contribution in [1.82, 2.24) is 0 Å². The standard InChI is InChI=1S/C29H35NO12S4/c1-28(2)23(22(18-45(35,36)37)21-12-10-19(16-24(21)28)43-42-41-31)8-7-9-27-29(3,4)25-17-20(46(38,39)40)11-13-26(25)30(27)14-5-6-15-44(32,33)34/h7-13,16-17,31H,5-6,14-15,18H2,1-4H3,(H,32,33,34)(H,35,36,37)(H,38,39,40)/b8-7+,27-9+. The third kappa shape index (κ3) is 7.92. The Morgan fingerprint density at radius 1 is 0.870 bits per heavy atom. The van der Waals surface area contributed by atoms with E-state index in [0.29, 0.717) is 51.5 Å². The van der Waals surface area contributed by atoms with Gasteiger partial charge in [-0.05, 0) is 77.1 Å². The molecule has 2 aromatic rings. The van der Waals surface area contributed by atoms with Crippen molar-refractivity contribution in [3.05, 3.63) is 82.6 Å². The molecule has 0 amide bonds. The Hall–Kier alpha value is -2.58. The van der Waals surface area contributed by atoms with Crippen LogP contribution in [0.5, 0.6) is 0 Å². The van der Waals surface area contributed by atoms with E-state index in [1.807, 2.05) is 32.6 Å². The van der Waals surface area contributed by atoms with Crippen LogP contribution < -0.4 is 4.90 Å². The molecule has 13 nitrogen and oxygen atoms in total. The van der Waals surface area contributed by atoms with Gasteiger partial charge in [-0.25, -0.2) is 5.26 Å². The van der Waals surface area contributed by atoms with E-state index >= 15 is 0 Å². The van der Waals surface area contributed by atoms with E-state index in [4.69, 9.17) is 9.81 Å². The maximum Gasteiger partial charge on any atom is 0.294 e. The van der Waals surface area contributed by atoms with Gasteiger partial charge in [0.25, 0.3) is 30.4 Å². The van der Waals surface area contributed by atoms with E-state index in [2.05, 4.69) is 9.37 Å². The Balaban J connectivity index is 1.79. The van der Waals surface area contributed by atoms with Gasteiger partial charge in [-0.2, -0.15) is 25.3 Å². The average Bonchev–Trinajstić information content (AvgIpc) is 3.26. The second kappa shape index (κ2) is 13.1. The molecule has 252 valence electrons. The molecule has 0 saturated carbocycles. The zero-order valence-electron chi connectivity index (χ0n) is 25.4. The maximum atomic E-state index is 12.1. The highest BCUT2D eigenvalue weighted by Crippen LogP contribution is 2.50. The van der Waals surface area contributed by atoms with E-state index in [1.165, 1.54) is 12.1 Å². The van der Waals surface area contributed by atoms with Gasteiger partial charge >= 0.3 is 0 Å². The van der Waals surface area contributed by atoms with Gasteiger partial charge in [0, 0.05) is 33.7 Å². The van der Waals surface area contributed by atoms with Crippen LogP contribution >= 0.6 is 12.0 Å². The van der Waals surface area contributed by atoms with E-state index in [9.17, 15) is 34.4 Å². The fourth-order valence-corrected chi connectivity index (χ4v) is 8.22. The number of unbranched alkanes of at least 4 members (excludes halogenated alkanes) is 1. The molecule has 17 heteroatoms. The molecule has 0 spiro atoms. The second-order valence-corrected chi connectivity index (χ2v) is 17.2. The number of allylic oxidation sites excluding steroid dienone is 5. The van der Waals surface area contributed by atoms with Gasteiger partial charge in [0.1, 0.15) is 5.75 Å². The maximum absolute atomic E-state index is 12.1. The summed E-state index contributed by atoms with van der Waals surface area (Å²) in [6.07, 6.45) is 5.80. The summed E-state index contributed by atoms with van der Waals surface area (Å²) in [7, 11) is -13.1. The number of anilines is 1. The highest BCUT2D eigenvalue weighted by atomic mass is 32.2. The highest BCUT2D eigenvalue weighted by Gasteiger charge is 2.41. The normalized spacial score (nSPS) is 18.5. The molecular weight excluding hydrogens is 683 g/mol. The van der Waals surface area contributed by atoms with Crippen molar-refractivity contribution in [2.75, 3.05) is 23.0 Å². The average molecular weight is 718 g/mol. The summed E-state index contributed by atoms with van der Waals surface area (Å²) in [6, 6.07) is 9.35. The number of nitrogens with zero attached hydrogens (tertiary/aromatic N) is 1. The van der Waals surface area contributed by atoms with Crippen LogP contribution in [0.2, 0.25) is 0 Å². The van der Waals surface area contributed by atoms with Gasteiger partial charge < -0.3 is 4.90 Å². The monoisotopic (exact) mass is 717 g/mol. The van der Waals surface area contributed by atoms with Crippen LogP contribution in [-0.2, 0) is 50.6 Å². The summed E-state index contributed by atoms with van der Waals surface area (Å²) < 4.78 is 104. The summed E-state index contributed by atoms with van der Waals surface area (Å²) in [5.74, 6) is -1.06. The second-order valence-electron chi connectivity index (χ2n) is 12.0. The Labute approximate surface area is 272 Å². The van der Waals surface area contributed by atoms with Crippen molar-refractivity contribution in [2.24, 2.45) is 0 Å². The molecule has 2 aliphatic rings. The Bertz CT molecular complexity index is 1940. The molecule has 0 aromatic heterocycles. The van der Waals surface area contributed by atoms with E-state index in [0.717, 1.165) is 17.6 Å². The van der Waals surface area contributed by atoms with Gasteiger partial charge in [0.05, 0.1) is 22.7 Å². The molecule has 2 aromatic carbocycles. The molecule has 0 atom stereocenters. The van der Waals surface area contributed by atoms with Gasteiger partial charge in [0.15, 0.2) is 0 Å². The minimum Gasteiger partial charge on any atom is -0.344 e. The lowest BCUT2D eigenvalue weighted by atomic mass is 9.80. The molecule has 4 N–H and O–H groups in total. The number of rotatable bonds is 13. The predicted molar refractivity (Wildman–Crippen MR) is 173 cm³/mol. The smallest absolute Gasteiger partial charge is 0.294 e. The minimum atomic E-state index is -4.49. The fraction of sp³-hybridized carbons (Fsp3) is 0.379. The van der Waals surface area contributed by atoms with Crippen LogP contribution in [0.4, 0.5) is 5.69 Å². The van der Waals surface area contributed by atoms with Crippen LogP contribution in [0.15, 0.2) is 75.7 Å². The number of hydrogen-bond donors (Lipinski definition) is 4. The molecule has 1 heterocycles. The van der Waals surface area contributed by atoms with Crippen molar-refractivity contribution in [2.45, 2.75) is 61.2 Å². The van der Waals surface area contributed by atoms with Gasteiger partial charge in [0.2, 0.25) is 0 Å². The number of hydrogen-bond acceptors (Lipinski definition) is 11. The van der Waals surface area contributed by atoms with E-state index < -0.39 is 52.7 Å². The Kier molecular flexibility index (Phi) is 10.4.